The quantitative estimate of drug-likeness (QED) is 0.309. The number of aliphatic imine (C=N–C) groups is 1. The molecule has 3 rings (SSSR count). The predicted molar refractivity (Wildman–Crippen MR) is 130 cm³/mol. The molecule has 1 aliphatic rings. The maximum absolute atomic E-state index is 5.94. The number of hydrogen-bond acceptors (Lipinski definition) is 5. The van der Waals surface area contributed by atoms with Crippen LogP contribution in [0.2, 0.25) is 0 Å². The van der Waals surface area contributed by atoms with Crippen molar-refractivity contribution in [2.24, 2.45) is 4.99 Å². The highest BCUT2D eigenvalue weighted by atomic mass is 127. The van der Waals surface area contributed by atoms with Crippen molar-refractivity contribution in [2.45, 2.75) is 32.4 Å². The second-order valence-corrected chi connectivity index (χ2v) is 7.19. The number of furan rings is 1. The van der Waals surface area contributed by atoms with Gasteiger partial charge >= 0.3 is 0 Å². The largest absolute Gasteiger partial charge is 0.497 e. The van der Waals surface area contributed by atoms with Gasteiger partial charge in [-0.15, -0.1) is 24.0 Å². The van der Waals surface area contributed by atoms with Crippen LogP contribution in [0.5, 0.6) is 11.5 Å². The summed E-state index contributed by atoms with van der Waals surface area (Å²) in [6.07, 6.45) is 2.47. The topological polar surface area (TPSA) is 71.3 Å². The number of ether oxygens (including phenoxy) is 2. The molecule has 2 N–H and O–H groups in total. The van der Waals surface area contributed by atoms with Gasteiger partial charge in [0.25, 0.3) is 0 Å². The van der Waals surface area contributed by atoms with E-state index in [1.807, 2.05) is 31.2 Å². The molecule has 1 atom stereocenters. The molecule has 1 fully saturated rings. The van der Waals surface area contributed by atoms with E-state index in [0.29, 0.717) is 6.54 Å². The van der Waals surface area contributed by atoms with Crippen LogP contribution in [0.4, 0.5) is 0 Å². The maximum Gasteiger partial charge on any atom is 0.191 e. The van der Waals surface area contributed by atoms with E-state index in [9.17, 15) is 0 Å². The summed E-state index contributed by atoms with van der Waals surface area (Å²) < 4.78 is 16.7. The highest BCUT2D eigenvalue weighted by molar-refractivity contribution is 14.0. The lowest BCUT2D eigenvalue weighted by atomic mass is 10.2. The van der Waals surface area contributed by atoms with E-state index in [0.717, 1.165) is 54.2 Å². The standard InChI is InChI=1S/C22H32N4O3.HI/c1-16-7-10-20(29-16)19(26-11-5-6-12-26)15-25-22(23-2)24-14-17-8-9-18(27-3)13-21(17)28-4;/h7-10,13,19H,5-6,11-12,14-15H2,1-4H3,(H2,23,24,25);1H. The van der Waals surface area contributed by atoms with Gasteiger partial charge in [0.1, 0.15) is 23.0 Å². The lowest BCUT2D eigenvalue weighted by Crippen LogP contribution is -2.42. The minimum Gasteiger partial charge on any atom is -0.497 e. The Balaban J connectivity index is 0.00000320. The van der Waals surface area contributed by atoms with Gasteiger partial charge in [0.15, 0.2) is 5.96 Å². The molecule has 1 unspecified atom stereocenters. The van der Waals surface area contributed by atoms with Crippen molar-refractivity contribution in [2.75, 3.05) is 40.9 Å². The summed E-state index contributed by atoms with van der Waals surface area (Å²) in [4.78, 5) is 6.85. The molecule has 1 aliphatic heterocycles. The third kappa shape index (κ3) is 6.28. The van der Waals surface area contributed by atoms with E-state index in [4.69, 9.17) is 13.9 Å². The first-order valence-corrected chi connectivity index (χ1v) is 10.1. The molecule has 1 saturated heterocycles. The number of methoxy groups -OCH3 is 2. The van der Waals surface area contributed by atoms with Gasteiger partial charge in [-0.05, 0) is 57.1 Å². The minimum absolute atomic E-state index is 0. The lowest BCUT2D eigenvalue weighted by Gasteiger charge is -2.27. The van der Waals surface area contributed by atoms with Crippen molar-refractivity contribution in [3.05, 3.63) is 47.4 Å². The highest BCUT2D eigenvalue weighted by Crippen LogP contribution is 2.26. The first kappa shape index (κ1) is 24.3. The molecule has 0 bridgehead atoms. The van der Waals surface area contributed by atoms with E-state index < -0.39 is 0 Å². The number of aryl methyl sites for hydroxylation is 1. The van der Waals surface area contributed by atoms with Crippen LogP contribution in [0.3, 0.4) is 0 Å². The molecule has 0 amide bonds. The van der Waals surface area contributed by atoms with Crippen molar-refractivity contribution in [1.29, 1.82) is 0 Å². The Hall–Kier alpha value is -1.94. The Kier molecular flexibility index (Phi) is 9.77. The molecule has 2 aromatic rings. The average Bonchev–Trinajstić information content (AvgIpc) is 3.42. The summed E-state index contributed by atoms with van der Waals surface area (Å²) >= 11 is 0. The SMILES string of the molecule is CN=C(NCc1ccc(OC)cc1OC)NCC(c1ccc(C)o1)N1CCCC1.I. The molecule has 0 radical (unpaired) electrons. The monoisotopic (exact) mass is 528 g/mol. The Morgan fingerprint density at radius 1 is 1.13 bits per heavy atom. The van der Waals surface area contributed by atoms with Gasteiger partial charge in [-0.1, -0.05) is 0 Å². The molecule has 30 heavy (non-hydrogen) atoms. The van der Waals surface area contributed by atoms with Crippen molar-refractivity contribution < 1.29 is 13.9 Å². The van der Waals surface area contributed by atoms with Crippen molar-refractivity contribution in [3.8, 4) is 11.5 Å². The van der Waals surface area contributed by atoms with Crippen LogP contribution >= 0.6 is 24.0 Å². The summed E-state index contributed by atoms with van der Waals surface area (Å²) in [5, 5.41) is 6.83. The Labute approximate surface area is 196 Å². The molecular formula is C22H33IN4O3. The number of rotatable bonds is 8. The van der Waals surface area contributed by atoms with Crippen LogP contribution in [0, 0.1) is 6.92 Å². The zero-order chi connectivity index (χ0) is 20.6. The van der Waals surface area contributed by atoms with Gasteiger partial charge in [0, 0.05) is 31.8 Å². The number of halogens is 1. The number of benzene rings is 1. The normalized spacial score (nSPS) is 15.4. The average molecular weight is 528 g/mol. The van der Waals surface area contributed by atoms with Crippen molar-refractivity contribution in [3.63, 3.8) is 0 Å². The Morgan fingerprint density at radius 2 is 1.90 bits per heavy atom. The second-order valence-electron chi connectivity index (χ2n) is 7.19. The smallest absolute Gasteiger partial charge is 0.191 e. The predicted octanol–water partition coefficient (Wildman–Crippen LogP) is 3.73. The van der Waals surface area contributed by atoms with E-state index >= 15 is 0 Å². The molecule has 0 aliphatic carbocycles. The van der Waals surface area contributed by atoms with Gasteiger partial charge in [-0.2, -0.15) is 0 Å². The Bertz CT molecular complexity index is 818. The van der Waals surface area contributed by atoms with Crippen LogP contribution < -0.4 is 20.1 Å². The fourth-order valence-corrected chi connectivity index (χ4v) is 3.69. The number of guanidine groups is 1. The summed E-state index contributed by atoms with van der Waals surface area (Å²) in [6.45, 7) is 5.51. The van der Waals surface area contributed by atoms with E-state index in [-0.39, 0.29) is 30.0 Å². The van der Waals surface area contributed by atoms with E-state index in [1.54, 1.807) is 21.3 Å². The van der Waals surface area contributed by atoms with Crippen LogP contribution in [0.15, 0.2) is 39.7 Å². The van der Waals surface area contributed by atoms with Crippen LogP contribution in [-0.2, 0) is 6.54 Å². The molecular weight excluding hydrogens is 495 g/mol. The molecule has 2 heterocycles. The maximum atomic E-state index is 5.94. The zero-order valence-corrected chi connectivity index (χ0v) is 20.6. The zero-order valence-electron chi connectivity index (χ0n) is 18.2. The molecule has 0 spiro atoms. The van der Waals surface area contributed by atoms with Crippen molar-refractivity contribution in [1.82, 2.24) is 15.5 Å². The summed E-state index contributed by atoms with van der Waals surface area (Å²) in [6, 6.07) is 10.1. The first-order valence-electron chi connectivity index (χ1n) is 10.1. The third-order valence-corrected chi connectivity index (χ3v) is 5.30. The van der Waals surface area contributed by atoms with Gasteiger partial charge < -0.3 is 24.5 Å². The number of likely N-dealkylation sites (tertiary alicyclic amines) is 1. The fraction of sp³-hybridized carbons (Fsp3) is 0.500. The molecule has 1 aromatic heterocycles. The van der Waals surface area contributed by atoms with Crippen LogP contribution in [-0.4, -0.2) is 51.8 Å². The lowest BCUT2D eigenvalue weighted by molar-refractivity contribution is 0.213. The number of hydrogen-bond donors (Lipinski definition) is 2. The Morgan fingerprint density at radius 3 is 2.50 bits per heavy atom. The highest BCUT2D eigenvalue weighted by Gasteiger charge is 2.26. The first-order chi connectivity index (χ1) is 14.1. The number of nitrogens with zero attached hydrogens (tertiary/aromatic N) is 2. The van der Waals surface area contributed by atoms with Gasteiger partial charge in [0.05, 0.1) is 20.3 Å². The molecule has 0 saturated carbocycles. The van der Waals surface area contributed by atoms with E-state index in [1.165, 1.54) is 12.8 Å². The number of nitrogens with one attached hydrogen (secondary N) is 2. The van der Waals surface area contributed by atoms with E-state index in [2.05, 4.69) is 26.6 Å². The van der Waals surface area contributed by atoms with Crippen molar-refractivity contribution >= 4 is 29.9 Å². The molecule has 166 valence electrons. The fourth-order valence-electron chi connectivity index (χ4n) is 3.69. The molecule has 8 heteroatoms. The summed E-state index contributed by atoms with van der Waals surface area (Å²) in [5.74, 6) is 4.25. The summed E-state index contributed by atoms with van der Waals surface area (Å²) in [7, 11) is 5.09. The van der Waals surface area contributed by atoms with Crippen LogP contribution in [0.25, 0.3) is 0 Å². The second kappa shape index (κ2) is 12.0. The third-order valence-electron chi connectivity index (χ3n) is 5.30. The summed E-state index contributed by atoms with van der Waals surface area (Å²) in [5.41, 5.74) is 1.04. The van der Waals surface area contributed by atoms with Gasteiger partial charge in [-0.3, -0.25) is 9.89 Å². The van der Waals surface area contributed by atoms with Crippen LogP contribution in [0.1, 0.15) is 36.0 Å². The minimum atomic E-state index is 0. The van der Waals surface area contributed by atoms with Gasteiger partial charge in [0.2, 0.25) is 0 Å². The molecule has 7 nitrogen and oxygen atoms in total. The van der Waals surface area contributed by atoms with Gasteiger partial charge in [-0.25, -0.2) is 0 Å². The molecule has 1 aromatic carbocycles.